The van der Waals surface area contributed by atoms with Crippen LogP contribution in [0.15, 0.2) is 84.0 Å². The third kappa shape index (κ3) is 5.38. The Morgan fingerprint density at radius 3 is 2.45 bits per heavy atom. The van der Waals surface area contributed by atoms with Crippen molar-refractivity contribution in [2.24, 2.45) is 0 Å². The highest BCUT2D eigenvalue weighted by Crippen LogP contribution is 2.29. The van der Waals surface area contributed by atoms with Crippen LogP contribution in [0.1, 0.15) is 18.5 Å². The highest BCUT2D eigenvalue weighted by Gasteiger charge is 2.19. The molecule has 3 aromatic carbocycles. The molecule has 4 rings (SSSR count). The summed E-state index contributed by atoms with van der Waals surface area (Å²) in [4.78, 5) is 12.7. The van der Waals surface area contributed by atoms with E-state index in [0.717, 1.165) is 22.6 Å². The van der Waals surface area contributed by atoms with Crippen LogP contribution >= 0.6 is 23.4 Å². The number of hydrogen-bond acceptors (Lipinski definition) is 5. The minimum atomic E-state index is -0.191. The Bertz CT molecular complexity index is 1230. The van der Waals surface area contributed by atoms with Gasteiger partial charge in [0.15, 0.2) is 11.0 Å². The summed E-state index contributed by atoms with van der Waals surface area (Å²) in [6, 6.07) is 24.7. The maximum absolute atomic E-state index is 12.7. The Hall–Kier alpha value is -3.29. The van der Waals surface area contributed by atoms with Crippen molar-refractivity contribution in [3.8, 4) is 22.8 Å². The normalized spacial score (nSPS) is 11.7. The second-order valence-corrected chi connectivity index (χ2v) is 8.68. The minimum absolute atomic E-state index is 0.106. The molecule has 0 saturated carbocycles. The first kappa shape index (κ1) is 22.9. The maximum Gasteiger partial charge on any atom is 0.230 e. The van der Waals surface area contributed by atoms with Gasteiger partial charge < -0.3 is 10.1 Å². The van der Waals surface area contributed by atoms with Gasteiger partial charge in [0, 0.05) is 21.8 Å². The molecule has 0 aliphatic rings. The summed E-state index contributed by atoms with van der Waals surface area (Å²) in [5.74, 6) is 1.53. The van der Waals surface area contributed by atoms with E-state index in [0.29, 0.717) is 16.0 Å². The Labute approximate surface area is 202 Å². The Kier molecular flexibility index (Phi) is 7.32. The van der Waals surface area contributed by atoms with E-state index in [9.17, 15) is 4.79 Å². The SMILES string of the molecule is COc1ccccc1C(C)NC(=O)CSc1nnc(-c2ccccc2)n1-c1ccc(Cl)cc1. The van der Waals surface area contributed by atoms with E-state index >= 15 is 0 Å². The molecule has 0 fully saturated rings. The fourth-order valence-electron chi connectivity index (χ4n) is 3.48. The molecule has 168 valence electrons. The summed E-state index contributed by atoms with van der Waals surface area (Å²) in [5.41, 5.74) is 2.73. The topological polar surface area (TPSA) is 69.0 Å². The van der Waals surface area contributed by atoms with Crippen molar-refractivity contribution in [2.45, 2.75) is 18.1 Å². The molecule has 0 bridgehead atoms. The lowest BCUT2D eigenvalue weighted by Gasteiger charge is -2.17. The molecule has 4 aromatic rings. The number of benzene rings is 3. The summed E-state index contributed by atoms with van der Waals surface area (Å²) in [6.07, 6.45) is 0. The van der Waals surface area contributed by atoms with E-state index in [-0.39, 0.29) is 17.7 Å². The maximum atomic E-state index is 12.7. The van der Waals surface area contributed by atoms with Crippen molar-refractivity contribution in [1.82, 2.24) is 20.1 Å². The Balaban J connectivity index is 1.54. The lowest BCUT2D eigenvalue weighted by atomic mass is 10.1. The first-order valence-electron chi connectivity index (χ1n) is 10.4. The first-order valence-corrected chi connectivity index (χ1v) is 11.7. The van der Waals surface area contributed by atoms with Crippen LogP contribution in [-0.2, 0) is 4.79 Å². The van der Waals surface area contributed by atoms with Gasteiger partial charge in [-0.2, -0.15) is 0 Å². The van der Waals surface area contributed by atoms with Crippen molar-refractivity contribution in [1.29, 1.82) is 0 Å². The van der Waals surface area contributed by atoms with Gasteiger partial charge in [0.1, 0.15) is 5.75 Å². The van der Waals surface area contributed by atoms with Gasteiger partial charge in [-0.25, -0.2) is 0 Å². The summed E-state index contributed by atoms with van der Waals surface area (Å²) in [5, 5.41) is 13.1. The fourth-order valence-corrected chi connectivity index (χ4v) is 4.36. The van der Waals surface area contributed by atoms with Crippen molar-refractivity contribution >= 4 is 29.3 Å². The standard InChI is InChI=1S/C25H23ClN4O2S/c1-17(21-10-6-7-11-22(21)32-2)27-23(31)16-33-25-29-28-24(18-8-4-3-5-9-18)30(25)20-14-12-19(26)13-15-20/h3-15,17H,16H2,1-2H3,(H,27,31). The van der Waals surface area contributed by atoms with E-state index in [1.165, 1.54) is 11.8 Å². The molecule has 1 atom stereocenters. The monoisotopic (exact) mass is 478 g/mol. The van der Waals surface area contributed by atoms with Crippen molar-refractivity contribution in [2.75, 3.05) is 12.9 Å². The first-order chi connectivity index (χ1) is 16.1. The van der Waals surface area contributed by atoms with E-state index in [4.69, 9.17) is 16.3 Å². The summed E-state index contributed by atoms with van der Waals surface area (Å²) in [7, 11) is 1.62. The number of nitrogens with one attached hydrogen (secondary N) is 1. The van der Waals surface area contributed by atoms with Gasteiger partial charge in [-0.3, -0.25) is 9.36 Å². The van der Waals surface area contributed by atoms with E-state index in [1.54, 1.807) is 7.11 Å². The van der Waals surface area contributed by atoms with Gasteiger partial charge in [0.2, 0.25) is 5.91 Å². The highest BCUT2D eigenvalue weighted by molar-refractivity contribution is 7.99. The average molecular weight is 479 g/mol. The molecule has 6 nitrogen and oxygen atoms in total. The smallest absolute Gasteiger partial charge is 0.230 e. The van der Waals surface area contributed by atoms with E-state index < -0.39 is 0 Å². The molecule has 0 radical (unpaired) electrons. The molecule has 8 heteroatoms. The second-order valence-electron chi connectivity index (χ2n) is 7.30. The largest absolute Gasteiger partial charge is 0.496 e. The van der Waals surface area contributed by atoms with Gasteiger partial charge in [0.05, 0.1) is 18.9 Å². The Morgan fingerprint density at radius 1 is 1.03 bits per heavy atom. The molecular weight excluding hydrogens is 456 g/mol. The molecule has 1 unspecified atom stereocenters. The van der Waals surface area contributed by atoms with Crippen LogP contribution in [0.3, 0.4) is 0 Å². The number of rotatable bonds is 8. The van der Waals surface area contributed by atoms with E-state index in [1.807, 2.05) is 90.4 Å². The minimum Gasteiger partial charge on any atom is -0.496 e. The molecule has 1 amide bonds. The quantitative estimate of drug-likeness (QED) is 0.335. The predicted octanol–water partition coefficient (Wildman–Crippen LogP) is 5.57. The lowest BCUT2D eigenvalue weighted by molar-refractivity contribution is -0.119. The molecule has 0 aliphatic carbocycles. The molecule has 0 spiro atoms. The number of halogens is 1. The van der Waals surface area contributed by atoms with E-state index in [2.05, 4.69) is 15.5 Å². The third-order valence-corrected chi connectivity index (χ3v) is 6.25. The molecule has 33 heavy (non-hydrogen) atoms. The number of aromatic nitrogens is 3. The molecule has 0 saturated heterocycles. The third-order valence-electron chi connectivity index (χ3n) is 5.07. The number of para-hydroxylation sites is 1. The molecule has 1 N–H and O–H groups in total. The fraction of sp³-hybridized carbons (Fsp3) is 0.160. The number of thioether (sulfide) groups is 1. The van der Waals surface area contributed by atoms with Crippen LogP contribution in [0.25, 0.3) is 17.1 Å². The molecule has 1 heterocycles. The predicted molar refractivity (Wildman–Crippen MR) is 132 cm³/mol. The van der Waals surface area contributed by atoms with Crippen molar-refractivity contribution in [3.05, 3.63) is 89.4 Å². The van der Waals surface area contributed by atoms with Crippen LogP contribution in [-0.4, -0.2) is 33.5 Å². The van der Waals surface area contributed by atoms with Crippen LogP contribution in [0.2, 0.25) is 5.02 Å². The Morgan fingerprint density at radius 2 is 1.73 bits per heavy atom. The number of carbonyl (C=O) groups is 1. The number of amides is 1. The van der Waals surface area contributed by atoms with Crippen LogP contribution < -0.4 is 10.1 Å². The number of carbonyl (C=O) groups excluding carboxylic acids is 1. The summed E-state index contributed by atoms with van der Waals surface area (Å²) >= 11 is 7.42. The second kappa shape index (κ2) is 10.6. The van der Waals surface area contributed by atoms with Crippen molar-refractivity contribution in [3.63, 3.8) is 0 Å². The number of hydrogen-bond donors (Lipinski definition) is 1. The van der Waals surface area contributed by atoms with Gasteiger partial charge in [-0.05, 0) is 37.3 Å². The average Bonchev–Trinajstić information content (AvgIpc) is 3.27. The van der Waals surface area contributed by atoms with Crippen LogP contribution in [0, 0.1) is 0 Å². The molecule has 1 aromatic heterocycles. The number of ether oxygens (including phenoxy) is 1. The van der Waals surface area contributed by atoms with Gasteiger partial charge in [-0.15, -0.1) is 10.2 Å². The summed E-state index contributed by atoms with van der Waals surface area (Å²) in [6.45, 7) is 1.93. The molecular formula is C25H23ClN4O2S. The van der Waals surface area contributed by atoms with Gasteiger partial charge in [-0.1, -0.05) is 71.9 Å². The lowest BCUT2D eigenvalue weighted by Crippen LogP contribution is -2.28. The van der Waals surface area contributed by atoms with Crippen LogP contribution in [0.5, 0.6) is 5.75 Å². The van der Waals surface area contributed by atoms with Gasteiger partial charge in [0.25, 0.3) is 0 Å². The number of nitrogens with zero attached hydrogens (tertiary/aromatic N) is 3. The number of methoxy groups -OCH3 is 1. The zero-order chi connectivity index (χ0) is 23.2. The molecule has 0 aliphatic heterocycles. The highest BCUT2D eigenvalue weighted by atomic mass is 35.5. The van der Waals surface area contributed by atoms with Crippen molar-refractivity contribution < 1.29 is 9.53 Å². The van der Waals surface area contributed by atoms with Gasteiger partial charge >= 0.3 is 0 Å². The zero-order valence-corrected chi connectivity index (χ0v) is 19.8. The summed E-state index contributed by atoms with van der Waals surface area (Å²) < 4.78 is 7.35. The van der Waals surface area contributed by atoms with Crippen LogP contribution in [0.4, 0.5) is 0 Å². The zero-order valence-electron chi connectivity index (χ0n) is 18.2.